The van der Waals surface area contributed by atoms with Gasteiger partial charge < -0.3 is 15.3 Å². The predicted octanol–water partition coefficient (Wildman–Crippen LogP) is 3.63. The van der Waals surface area contributed by atoms with Crippen LogP contribution in [-0.2, 0) is 0 Å². The van der Waals surface area contributed by atoms with Crippen molar-refractivity contribution in [2.45, 2.75) is 24.9 Å². The number of anilines is 1. The normalized spacial score (nSPS) is 17.2. The van der Waals surface area contributed by atoms with Crippen molar-refractivity contribution in [3.05, 3.63) is 65.2 Å². The maximum atomic E-state index is 9.70. The van der Waals surface area contributed by atoms with Crippen molar-refractivity contribution in [3.8, 4) is 0 Å². The highest BCUT2D eigenvalue weighted by molar-refractivity contribution is 6.30. The Hall–Kier alpha value is -1.55. The second-order valence-electron chi connectivity index (χ2n) is 6.05. The number of para-hydroxylation sites is 1. The Balaban J connectivity index is 1.56. The lowest BCUT2D eigenvalue weighted by molar-refractivity contribution is 0.225. The van der Waals surface area contributed by atoms with Crippen LogP contribution in [-0.4, -0.2) is 30.8 Å². The van der Waals surface area contributed by atoms with Gasteiger partial charge >= 0.3 is 0 Å². The first-order valence-corrected chi connectivity index (χ1v) is 8.56. The Labute approximate surface area is 142 Å². The summed E-state index contributed by atoms with van der Waals surface area (Å²) in [5, 5.41) is 14.0. The van der Waals surface area contributed by atoms with E-state index in [0.717, 1.165) is 36.5 Å². The van der Waals surface area contributed by atoms with E-state index < -0.39 is 0 Å². The van der Waals surface area contributed by atoms with E-state index >= 15 is 0 Å². The van der Waals surface area contributed by atoms with E-state index in [1.54, 1.807) is 0 Å². The third-order valence-corrected chi connectivity index (χ3v) is 4.76. The molecule has 1 aliphatic rings. The average molecular weight is 331 g/mol. The molecule has 1 atom stereocenters. The molecule has 3 nitrogen and oxygen atoms in total. The predicted molar refractivity (Wildman–Crippen MR) is 96.1 cm³/mol. The second kappa shape index (κ2) is 7.82. The van der Waals surface area contributed by atoms with Crippen LogP contribution in [0.5, 0.6) is 0 Å². The van der Waals surface area contributed by atoms with Gasteiger partial charge in [0.2, 0.25) is 0 Å². The average Bonchev–Trinajstić information content (AvgIpc) is 2.62. The number of rotatable bonds is 5. The molecule has 3 rings (SSSR count). The number of aliphatic hydroxyl groups excluding tert-OH is 1. The summed E-state index contributed by atoms with van der Waals surface area (Å²) in [5.74, 6) is 0. The highest BCUT2D eigenvalue weighted by Crippen LogP contribution is 2.22. The molecule has 23 heavy (non-hydrogen) atoms. The molecule has 2 aromatic carbocycles. The molecule has 0 aromatic heterocycles. The van der Waals surface area contributed by atoms with Crippen molar-refractivity contribution < 1.29 is 5.11 Å². The van der Waals surface area contributed by atoms with Crippen LogP contribution in [0.25, 0.3) is 0 Å². The number of nitrogens with one attached hydrogen (secondary N) is 1. The smallest absolute Gasteiger partial charge is 0.0626 e. The number of hydrogen-bond acceptors (Lipinski definition) is 3. The molecule has 4 heteroatoms. The van der Waals surface area contributed by atoms with Crippen LogP contribution in [0.15, 0.2) is 54.6 Å². The van der Waals surface area contributed by atoms with Gasteiger partial charge in [-0.2, -0.15) is 0 Å². The molecule has 0 amide bonds. The first-order chi connectivity index (χ1) is 11.3. The Bertz CT molecular complexity index is 595. The van der Waals surface area contributed by atoms with Crippen LogP contribution >= 0.6 is 11.6 Å². The number of aliphatic hydroxyl groups is 1. The van der Waals surface area contributed by atoms with Gasteiger partial charge in [-0.15, -0.1) is 0 Å². The maximum absolute atomic E-state index is 9.70. The largest absolute Gasteiger partial charge is 0.394 e. The molecule has 0 saturated carbocycles. The summed E-state index contributed by atoms with van der Waals surface area (Å²) in [5.41, 5.74) is 2.38. The lowest BCUT2D eigenvalue weighted by atomic mass is 10.0. The summed E-state index contributed by atoms with van der Waals surface area (Å²) < 4.78 is 0. The fourth-order valence-electron chi connectivity index (χ4n) is 3.18. The highest BCUT2D eigenvalue weighted by Gasteiger charge is 2.22. The van der Waals surface area contributed by atoms with Gasteiger partial charge in [-0.1, -0.05) is 41.9 Å². The van der Waals surface area contributed by atoms with Crippen molar-refractivity contribution in [2.75, 3.05) is 24.6 Å². The second-order valence-corrected chi connectivity index (χ2v) is 6.49. The zero-order valence-corrected chi connectivity index (χ0v) is 13.9. The molecule has 2 aromatic rings. The van der Waals surface area contributed by atoms with E-state index in [-0.39, 0.29) is 12.6 Å². The third-order valence-electron chi connectivity index (χ3n) is 4.51. The van der Waals surface area contributed by atoms with E-state index in [9.17, 15) is 5.11 Å². The molecule has 0 aliphatic carbocycles. The fourth-order valence-corrected chi connectivity index (χ4v) is 3.30. The van der Waals surface area contributed by atoms with Crippen LogP contribution < -0.4 is 10.2 Å². The van der Waals surface area contributed by atoms with Gasteiger partial charge in [0, 0.05) is 29.8 Å². The van der Waals surface area contributed by atoms with Gasteiger partial charge in [0.25, 0.3) is 0 Å². The van der Waals surface area contributed by atoms with Crippen molar-refractivity contribution in [2.24, 2.45) is 0 Å². The van der Waals surface area contributed by atoms with E-state index in [1.165, 1.54) is 5.69 Å². The Kier molecular flexibility index (Phi) is 5.55. The van der Waals surface area contributed by atoms with Crippen molar-refractivity contribution >= 4 is 17.3 Å². The summed E-state index contributed by atoms with van der Waals surface area (Å²) in [6.45, 7) is 2.18. The van der Waals surface area contributed by atoms with E-state index in [2.05, 4.69) is 40.5 Å². The molecule has 1 aliphatic heterocycles. The molecule has 122 valence electrons. The van der Waals surface area contributed by atoms with E-state index in [4.69, 9.17) is 11.6 Å². The first kappa shape index (κ1) is 16.3. The third kappa shape index (κ3) is 4.25. The van der Waals surface area contributed by atoms with Crippen molar-refractivity contribution in [1.82, 2.24) is 5.32 Å². The topological polar surface area (TPSA) is 35.5 Å². The van der Waals surface area contributed by atoms with Gasteiger partial charge in [-0.05, 0) is 42.7 Å². The molecule has 0 spiro atoms. The van der Waals surface area contributed by atoms with Crippen LogP contribution in [0.4, 0.5) is 5.69 Å². The molecule has 1 unspecified atom stereocenters. The Morgan fingerprint density at radius 3 is 2.30 bits per heavy atom. The van der Waals surface area contributed by atoms with Gasteiger partial charge in [0.1, 0.15) is 0 Å². The molecule has 2 N–H and O–H groups in total. The lowest BCUT2D eigenvalue weighted by Gasteiger charge is -2.35. The van der Waals surface area contributed by atoms with Crippen LogP contribution in [0, 0.1) is 0 Å². The van der Waals surface area contributed by atoms with E-state index in [1.807, 2.05) is 24.3 Å². The van der Waals surface area contributed by atoms with Gasteiger partial charge in [-0.25, -0.2) is 0 Å². The lowest BCUT2D eigenvalue weighted by Crippen LogP contribution is -2.44. The van der Waals surface area contributed by atoms with Crippen LogP contribution in [0.3, 0.4) is 0 Å². The maximum Gasteiger partial charge on any atom is 0.0626 e. The number of piperidine rings is 1. The number of hydrogen-bond donors (Lipinski definition) is 2. The zero-order valence-electron chi connectivity index (χ0n) is 13.2. The first-order valence-electron chi connectivity index (χ1n) is 8.18. The van der Waals surface area contributed by atoms with Gasteiger partial charge in [0.05, 0.1) is 12.6 Å². The summed E-state index contributed by atoms with van der Waals surface area (Å²) in [4.78, 5) is 2.43. The van der Waals surface area contributed by atoms with Crippen LogP contribution in [0.2, 0.25) is 5.02 Å². The molecular formula is C19H23ClN2O. The van der Waals surface area contributed by atoms with Gasteiger partial charge in [-0.3, -0.25) is 0 Å². The van der Waals surface area contributed by atoms with E-state index in [0.29, 0.717) is 6.04 Å². The molecule has 1 heterocycles. The van der Waals surface area contributed by atoms with Crippen LogP contribution in [0.1, 0.15) is 24.4 Å². The minimum atomic E-state index is -0.0273. The minimum Gasteiger partial charge on any atom is -0.394 e. The summed E-state index contributed by atoms with van der Waals surface area (Å²) in [6, 6.07) is 18.7. The summed E-state index contributed by atoms with van der Waals surface area (Å²) in [6.07, 6.45) is 2.16. The SMILES string of the molecule is OCC(NC1CCN(c2ccccc2)CC1)c1ccc(Cl)cc1. The Morgan fingerprint density at radius 2 is 1.70 bits per heavy atom. The quantitative estimate of drug-likeness (QED) is 0.878. The summed E-state index contributed by atoms with van der Waals surface area (Å²) >= 11 is 5.94. The number of benzene rings is 2. The monoisotopic (exact) mass is 330 g/mol. The standard InChI is InChI=1S/C19H23ClN2O/c20-16-8-6-15(7-9-16)19(14-23)21-17-10-12-22(13-11-17)18-4-2-1-3-5-18/h1-9,17,19,21,23H,10-14H2. The minimum absolute atomic E-state index is 0.0273. The molecule has 1 saturated heterocycles. The molecule has 0 radical (unpaired) electrons. The molecule has 1 fully saturated rings. The summed E-state index contributed by atoms with van der Waals surface area (Å²) in [7, 11) is 0. The molecular weight excluding hydrogens is 308 g/mol. The van der Waals surface area contributed by atoms with Crippen molar-refractivity contribution in [1.29, 1.82) is 0 Å². The Morgan fingerprint density at radius 1 is 1.04 bits per heavy atom. The number of halogens is 1. The highest BCUT2D eigenvalue weighted by atomic mass is 35.5. The number of nitrogens with zero attached hydrogens (tertiary/aromatic N) is 1. The molecule has 0 bridgehead atoms. The zero-order chi connectivity index (χ0) is 16.1. The fraction of sp³-hybridized carbons (Fsp3) is 0.368. The van der Waals surface area contributed by atoms with Gasteiger partial charge in [0.15, 0.2) is 0 Å². The van der Waals surface area contributed by atoms with Crippen molar-refractivity contribution in [3.63, 3.8) is 0 Å².